The molecule has 9 nitrogen and oxygen atoms in total. The number of hydrogen-bond donors (Lipinski definition) is 4. The van der Waals surface area contributed by atoms with Crippen molar-refractivity contribution in [1.29, 1.82) is 0 Å². The fraction of sp³-hybridized carbons (Fsp3) is 0. The number of hydrazone groups is 1. The maximum absolute atomic E-state index is 5.66. The minimum Gasteiger partial charge on any atom is -0.383 e. The number of hydrogen-bond acceptors (Lipinski definition) is 7. The molecule has 0 amide bonds. The van der Waals surface area contributed by atoms with Crippen LogP contribution < -0.4 is 22.6 Å². The molecule has 2 heterocycles. The van der Waals surface area contributed by atoms with Gasteiger partial charge in [-0.3, -0.25) is 0 Å². The van der Waals surface area contributed by atoms with E-state index in [2.05, 4.69) is 30.7 Å². The molecule has 0 radical (unpaired) electrons. The Bertz CT molecular complexity index is 727. The number of nitrogens with zero attached hydrogens (tertiary/aromatic N) is 5. The van der Waals surface area contributed by atoms with Crippen molar-refractivity contribution in [2.24, 2.45) is 21.0 Å². The summed E-state index contributed by atoms with van der Waals surface area (Å²) in [5.74, 6) is 0.740. The number of guanidine groups is 1. The Morgan fingerprint density at radius 3 is 2.13 bits per heavy atom. The van der Waals surface area contributed by atoms with Crippen molar-refractivity contribution in [3.05, 3.63) is 47.8 Å². The average Bonchev–Trinajstić information content (AvgIpc) is 2.51. The molecule has 120 valence electrons. The first-order chi connectivity index (χ1) is 10.7. The van der Waals surface area contributed by atoms with Gasteiger partial charge < -0.3 is 17.2 Å². The number of rotatable bonds is 4. The largest absolute Gasteiger partial charge is 0.383 e. The lowest BCUT2D eigenvalue weighted by Gasteiger charge is -1.98. The molecule has 0 bridgehead atoms. The topological polar surface area (TPSA) is 153 Å². The molecule has 0 fully saturated rings. The summed E-state index contributed by atoms with van der Waals surface area (Å²) >= 11 is 0. The summed E-state index contributed by atoms with van der Waals surface area (Å²) in [6, 6.07) is 7.02. The van der Waals surface area contributed by atoms with Crippen molar-refractivity contribution in [2.45, 2.75) is 0 Å². The Balaban J connectivity index is 0.00000264. The van der Waals surface area contributed by atoms with Crippen LogP contribution in [0.3, 0.4) is 0 Å². The van der Waals surface area contributed by atoms with Crippen LogP contribution in [0.15, 0.2) is 52.0 Å². The van der Waals surface area contributed by atoms with E-state index in [-0.39, 0.29) is 18.4 Å². The highest BCUT2D eigenvalue weighted by Crippen LogP contribution is 2.03. The lowest BCUT2D eigenvalue weighted by molar-refractivity contribution is 0.994. The highest BCUT2D eigenvalue weighted by molar-refractivity contribution is 5.88. The Morgan fingerprint density at radius 2 is 1.57 bits per heavy atom. The van der Waals surface area contributed by atoms with Crippen molar-refractivity contribution in [3.63, 3.8) is 0 Å². The standard InChI is InChI=1S/C13H15N9.ClH/c14-11-9(3-1-5-17-11)7-19-21-13(16)22-20-8-10-4-2-6-18-12(10)15;/h1-8H,(H2,14,17)(H2,15,18)(H3,16,21,22);1H. The lowest BCUT2D eigenvalue weighted by atomic mass is 10.3. The summed E-state index contributed by atoms with van der Waals surface area (Å²) in [5, 5.41) is 11.4. The summed E-state index contributed by atoms with van der Waals surface area (Å²) in [6.45, 7) is 0. The molecular weight excluding hydrogens is 318 g/mol. The van der Waals surface area contributed by atoms with E-state index < -0.39 is 0 Å². The zero-order chi connectivity index (χ0) is 15.8. The maximum Gasteiger partial charge on any atom is 0.234 e. The van der Waals surface area contributed by atoms with Crippen LogP contribution in [0.25, 0.3) is 0 Å². The summed E-state index contributed by atoms with van der Waals surface area (Å²) in [6.07, 6.45) is 6.10. The third-order valence-electron chi connectivity index (χ3n) is 2.49. The molecule has 0 aliphatic heterocycles. The van der Waals surface area contributed by atoms with Crippen LogP contribution in [0.4, 0.5) is 11.6 Å². The van der Waals surface area contributed by atoms with Crippen LogP contribution in [0.2, 0.25) is 0 Å². The Morgan fingerprint density at radius 1 is 1.00 bits per heavy atom. The lowest BCUT2D eigenvalue weighted by Crippen LogP contribution is -2.26. The second kappa shape index (κ2) is 8.95. The van der Waals surface area contributed by atoms with Gasteiger partial charge in [-0.2, -0.15) is 10.2 Å². The van der Waals surface area contributed by atoms with Gasteiger partial charge in [-0.1, -0.05) is 0 Å². The van der Waals surface area contributed by atoms with E-state index in [1.54, 1.807) is 36.7 Å². The Labute approximate surface area is 138 Å². The van der Waals surface area contributed by atoms with Crippen molar-refractivity contribution in [3.8, 4) is 0 Å². The number of nitrogen functional groups attached to an aromatic ring is 2. The molecule has 10 heteroatoms. The van der Waals surface area contributed by atoms with Gasteiger partial charge in [0.2, 0.25) is 5.96 Å². The third-order valence-corrected chi connectivity index (χ3v) is 2.49. The number of pyridine rings is 2. The van der Waals surface area contributed by atoms with E-state index in [1.165, 1.54) is 12.4 Å². The van der Waals surface area contributed by atoms with E-state index in [9.17, 15) is 0 Å². The molecule has 0 spiro atoms. The van der Waals surface area contributed by atoms with Crippen molar-refractivity contribution in [1.82, 2.24) is 15.4 Å². The molecule has 0 unspecified atom stereocenters. The average molecular weight is 334 g/mol. The molecule has 0 saturated carbocycles. The number of anilines is 2. The monoisotopic (exact) mass is 333 g/mol. The predicted molar refractivity (Wildman–Crippen MR) is 94.5 cm³/mol. The molecule has 2 aromatic rings. The van der Waals surface area contributed by atoms with E-state index in [0.717, 1.165) is 0 Å². The SMILES string of the molecule is Cl.NC(=NN=Cc1cccnc1N)NN=Cc1cccnc1N. The van der Waals surface area contributed by atoms with Gasteiger partial charge in [0, 0.05) is 23.5 Å². The van der Waals surface area contributed by atoms with E-state index in [0.29, 0.717) is 22.8 Å². The van der Waals surface area contributed by atoms with E-state index >= 15 is 0 Å². The molecule has 2 rings (SSSR count). The van der Waals surface area contributed by atoms with Crippen LogP contribution in [0.5, 0.6) is 0 Å². The first kappa shape index (κ1) is 17.9. The smallest absolute Gasteiger partial charge is 0.234 e. The number of aromatic nitrogens is 2. The zero-order valence-electron chi connectivity index (χ0n) is 12.0. The number of nitrogens with two attached hydrogens (primary N) is 3. The van der Waals surface area contributed by atoms with Gasteiger partial charge in [-0.25, -0.2) is 15.4 Å². The molecule has 2 aromatic heterocycles. The minimum absolute atomic E-state index is 0. The van der Waals surface area contributed by atoms with E-state index in [4.69, 9.17) is 17.2 Å². The summed E-state index contributed by atoms with van der Waals surface area (Å²) in [5.41, 5.74) is 20.7. The highest BCUT2D eigenvalue weighted by atomic mass is 35.5. The number of halogens is 1. The fourth-order valence-corrected chi connectivity index (χ4v) is 1.42. The molecule has 0 aliphatic carbocycles. The molecule has 0 atom stereocenters. The molecule has 0 aliphatic rings. The van der Waals surface area contributed by atoms with Gasteiger partial charge in [0.15, 0.2) is 0 Å². The van der Waals surface area contributed by atoms with Gasteiger partial charge in [0.25, 0.3) is 0 Å². The second-order valence-corrected chi connectivity index (χ2v) is 4.06. The zero-order valence-corrected chi connectivity index (χ0v) is 12.8. The normalized spacial score (nSPS) is 11.6. The maximum atomic E-state index is 5.66. The summed E-state index contributed by atoms with van der Waals surface area (Å²) in [7, 11) is 0. The molecule has 23 heavy (non-hydrogen) atoms. The fourth-order valence-electron chi connectivity index (χ4n) is 1.42. The van der Waals surface area contributed by atoms with Gasteiger partial charge in [-0.15, -0.1) is 17.5 Å². The predicted octanol–water partition coefficient (Wildman–Crippen LogP) is 0.335. The van der Waals surface area contributed by atoms with Crippen molar-refractivity contribution in [2.75, 3.05) is 11.5 Å². The third kappa shape index (κ3) is 5.59. The molecule has 7 N–H and O–H groups in total. The molecular formula is C13H16ClN9. The van der Waals surface area contributed by atoms with Gasteiger partial charge in [0.05, 0.1) is 12.4 Å². The Kier molecular flexibility index (Phi) is 6.95. The minimum atomic E-state index is 0. The van der Waals surface area contributed by atoms with Crippen LogP contribution in [0.1, 0.15) is 11.1 Å². The second-order valence-electron chi connectivity index (χ2n) is 4.06. The van der Waals surface area contributed by atoms with E-state index in [1.807, 2.05) is 0 Å². The Hall–Kier alpha value is -3.20. The van der Waals surface area contributed by atoms with Gasteiger partial charge in [0.1, 0.15) is 11.6 Å². The molecule has 0 saturated heterocycles. The van der Waals surface area contributed by atoms with Gasteiger partial charge >= 0.3 is 0 Å². The van der Waals surface area contributed by atoms with Gasteiger partial charge in [-0.05, 0) is 24.3 Å². The first-order valence-corrected chi connectivity index (χ1v) is 6.23. The van der Waals surface area contributed by atoms with Crippen LogP contribution in [-0.4, -0.2) is 28.4 Å². The van der Waals surface area contributed by atoms with Crippen LogP contribution >= 0.6 is 12.4 Å². The first-order valence-electron chi connectivity index (χ1n) is 6.23. The summed E-state index contributed by atoms with van der Waals surface area (Å²) < 4.78 is 0. The van der Waals surface area contributed by atoms with Crippen LogP contribution in [0, 0.1) is 0 Å². The van der Waals surface area contributed by atoms with Crippen molar-refractivity contribution >= 4 is 42.4 Å². The molecule has 0 aromatic carbocycles. The highest BCUT2D eigenvalue weighted by Gasteiger charge is 1.95. The van der Waals surface area contributed by atoms with Crippen LogP contribution in [-0.2, 0) is 0 Å². The quantitative estimate of drug-likeness (QED) is 0.359. The number of nitrogens with one attached hydrogen (secondary N) is 1. The van der Waals surface area contributed by atoms with Crippen molar-refractivity contribution < 1.29 is 0 Å². The summed E-state index contributed by atoms with van der Waals surface area (Å²) in [4.78, 5) is 7.84.